The third-order valence-corrected chi connectivity index (χ3v) is 1.96. The molecule has 0 bridgehead atoms. The number of aryl methyl sites for hydroxylation is 1. The molecule has 0 radical (unpaired) electrons. The summed E-state index contributed by atoms with van der Waals surface area (Å²) >= 11 is 0. The second kappa shape index (κ2) is 4.70. The van der Waals surface area contributed by atoms with E-state index >= 15 is 0 Å². The number of hydrogen-bond donors (Lipinski definition) is 0. The Balaban J connectivity index is 2.71. The molecule has 0 aliphatic heterocycles. The van der Waals surface area contributed by atoms with Crippen LogP contribution in [0.3, 0.4) is 0 Å². The molecule has 0 N–H and O–H groups in total. The van der Waals surface area contributed by atoms with E-state index in [1.165, 1.54) is 5.56 Å². The van der Waals surface area contributed by atoms with Crippen molar-refractivity contribution in [3.8, 4) is 5.75 Å². The minimum absolute atomic E-state index is 0.0760. The van der Waals surface area contributed by atoms with Crippen molar-refractivity contribution < 1.29 is 4.74 Å². The molecule has 0 aliphatic carbocycles. The Morgan fingerprint density at radius 3 is 2.92 bits per heavy atom. The Morgan fingerprint density at radius 1 is 1.54 bits per heavy atom. The second-order valence-electron chi connectivity index (χ2n) is 3.06. The number of ether oxygens (including phenoxy) is 1. The Hall–Kier alpha value is -1.24. The predicted octanol–water partition coefficient (Wildman–Crippen LogP) is 3.20. The van der Waals surface area contributed by atoms with Gasteiger partial charge in [0.1, 0.15) is 11.9 Å². The number of benzene rings is 1. The minimum Gasteiger partial charge on any atom is -0.487 e. The average Bonchev–Trinajstić information content (AvgIpc) is 2.18. The Kier molecular flexibility index (Phi) is 3.56. The van der Waals surface area contributed by atoms with Gasteiger partial charge in [-0.3, -0.25) is 0 Å². The molecule has 1 heteroatoms. The molecule has 1 unspecified atom stereocenters. The van der Waals surface area contributed by atoms with Crippen LogP contribution in [0, 0.1) is 0 Å². The molecule has 0 spiro atoms. The van der Waals surface area contributed by atoms with Crippen LogP contribution in [0.4, 0.5) is 0 Å². The van der Waals surface area contributed by atoms with Crippen LogP contribution >= 0.6 is 0 Å². The monoisotopic (exact) mass is 176 g/mol. The molecule has 1 nitrogen and oxygen atoms in total. The van der Waals surface area contributed by atoms with Gasteiger partial charge in [-0.05, 0) is 31.0 Å². The van der Waals surface area contributed by atoms with Gasteiger partial charge in [0.15, 0.2) is 0 Å². The fourth-order valence-electron chi connectivity index (χ4n) is 1.10. The summed E-state index contributed by atoms with van der Waals surface area (Å²) in [6.45, 7) is 7.79. The van der Waals surface area contributed by atoms with Gasteiger partial charge in [-0.2, -0.15) is 0 Å². The normalized spacial score (nSPS) is 12.2. The summed E-state index contributed by atoms with van der Waals surface area (Å²) in [7, 11) is 0. The van der Waals surface area contributed by atoms with Gasteiger partial charge < -0.3 is 4.74 Å². The first-order valence-corrected chi connectivity index (χ1v) is 4.64. The first-order chi connectivity index (χ1) is 6.26. The Labute approximate surface area is 80.0 Å². The van der Waals surface area contributed by atoms with Crippen molar-refractivity contribution in [2.45, 2.75) is 26.4 Å². The first-order valence-electron chi connectivity index (χ1n) is 4.64. The van der Waals surface area contributed by atoms with E-state index in [-0.39, 0.29) is 6.10 Å². The lowest BCUT2D eigenvalue weighted by Gasteiger charge is -2.10. The molecule has 0 saturated heterocycles. The van der Waals surface area contributed by atoms with Crippen LogP contribution in [0.5, 0.6) is 5.75 Å². The van der Waals surface area contributed by atoms with E-state index in [0.717, 1.165) is 12.2 Å². The molecule has 0 heterocycles. The van der Waals surface area contributed by atoms with Crippen LogP contribution in [0.15, 0.2) is 36.9 Å². The van der Waals surface area contributed by atoms with E-state index in [0.29, 0.717) is 0 Å². The van der Waals surface area contributed by atoms with E-state index in [9.17, 15) is 0 Å². The largest absolute Gasteiger partial charge is 0.487 e. The van der Waals surface area contributed by atoms with Gasteiger partial charge in [-0.15, -0.1) is 0 Å². The standard InChI is InChI=1S/C12H16O/c1-4-10(3)13-12-8-6-7-11(5-2)9-12/h4,6-10H,1,5H2,2-3H3. The summed E-state index contributed by atoms with van der Waals surface area (Å²) in [6.07, 6.45) is 2.91. The second-order valence-corrected chi connectivity index (χ2v) is 3.06. The topological polar surface area (TPSA) is 9.23 Å². The van der Waals surface area contributed by atoms with Crippen molar-refractivity contribution >= 4 is 0 Å². The smallest absolute Gasteiger partial charge is 0.120 e. The zero-order chi connectivity index (χ0) is 9.68. The maximum atomic E-state index is 5.59. The lowest BCUT2D eigenvalue weighted by molar-refractivity contribution is 0.270. The lowest BCUT2D eigenvalue weighted by Crippen LogP contribution is -2.07. The fourth-order valence-corrected chi connectivity index (χ4v) is 1.10. The fraction of sp³-hybridized carbons (Fsp3) is 0.333. The summed E-state index contributed by atoms with van der Waals surface area (Å²) in [5, 5.41) is 0. The van der Waals surface area contributed by atoms with Gasteiger partial charge in [0.05, 0.1) is 0 Å². The summed E-state index contributed by atoms with van der Waals surface area (Å²) < 4.78 is 5.59. The third-order valence-electron chi connectivity index (χ3n) is 1.96. The van der Waals surface area contributed by atoms with E-state index in [1.807, 2.05) is 19.1 Å². The molecule has 0 saturated carbocycles. The van der Waals surface area contributed by atoms with Crippen LogP contribution in [-0.2, 0) is 6.42 Å². The van der Waals surface area contributed by atoms with Gasteiger partial charge in [-0.25, -0.2) is 0 Å². The van der Waals surface area contributed by atoms with Crippen molar-refractivity contribution in [2.24, 2.45) is 0 Å². The number of rotatable bonds is 4. The predicted molar refractivity (Wildman–Crippen MR) is 56.1 cm³/mol. The van der Waals surface area contributed by atoms with Gasteiger partial charge in [0, 0.05) is 0 Å². The zero-order valence-corrected chi connectivity index (χ0v) is 8.29. The Bertz CT molecular complexity index is 278. The molecule has 0 aromatic heterocycles. The van der Waals surface area contributed by atoms with Crippen LogP contribution < -0.4 is 4.74 Å². The maximum absolute atomic E-state index is 5.59. The van der Waals surface area contributed by atoms with E-state index in [1.54, 1.807) is 6.08 Å². The highest BCUT2D eigenvalue weighted by Crippen LogP contribution is 2.15. The zero-order valence-electron chi connectivity index (χ0n) is 8.29. The van der Waals surface area contributed by atoms with Crippen LogP contribution in [0.25, 0.3) is 0 Å². The first kappa shape index (κ1) is 9.85. The molecular weight excluding hydrogens is 160 g/mol. The van der Waals surface area contributed by atoms with Crippen LogP contribution in [-0.4, -0.2) is 6.10 Å². The van der Waals surface area contributed by atoms with Crippen molar-refractivity contribution in [1.29, 1.82) is 0 Å². The Morgan fingerprint density at radius 2 is 2.31 bits per heavy atom. The van der Waals surface area contributed by atoms with E-state index < -0.39 is 0 Å². The van der Waals surface area contributed by atoms with Crippen molar-refractivity contribution in [3.05, 3.63) is 42.5 Å². The maximum Gasteiger partial charge on any atom is 0.120 e. The number of hydrogen-bond acceptors (Lipinski definition) is 1. The molecule has 13 heavy (non-hydrogen) atoms. The summed E-state index contributed by atoms with van der Waals surface area (Å²) in [6, 6.07) is 8.16. The molecule has 1 rings (SSSR count). The molecule has 0 aliphatic rings. The lowest BCUT2D eigenvalue weighted by atomic mass is 10.2. The highest BCUT2D eigenvalue weighted by atomic mass is 16.5. The third kappa shape index (κ3) is 2.94. The van der Waals surface area contributed by atoms with Gasteiger partial charge in [-0.1, -0.05) is 31.7 Å². The molecule has 70 valence electrons. The highest BCUT2D eigenvalue weighted by molar-refractivity contribution is 5.28. The summed E-state index contributed by atoms with van der Waals surface area (Å²) in [4.78, 5) is 0. The van der Waals surface area contributed by atoms with Gasteiger partial charge >= 0.3 is 0 Å². The van der Waals surface area contributed by atoms with Crippen molar-refractivity contribution in [3.63, 3.8) is 0 Å². The van der Waals surface area contributed by atoms with Gasteiger partial charge in [0.25, 0.3) is 0 Å². The quantitative estimate of drug-likeness (QED) is 0.640. The van der Waals surface area contributed by atoms with E-state index in [2.05, 4.69) is 25.6 Å². The highest BCUT2D eigenvalue weighted by Gasteiger charge is 1.98. The summed E-state index contributed by atoms with van der Waals surface area (Å²) in [5.41, 5.74) is 1.30. The van der Waals surface area contributed by atoms with Crippen LogP contribution in [0.1, 0.15) is 19.4 Å². The van der Waals surface area contributed by atoms with Gasteiger partial charge in [0.2, 0.25) is 0 Å². The molecule has 1 aromatic rings. The average molecular weight is 176 g/mol. The minimum atomic E-state index is 0.0760. The molecule has 0 fully saturated rings. The van der Waals surface area contributed by atoms with Crippen molar-refractivity contribution in [1.82, 2.24) is 0 Å². The SMILES string of the molecule is C=CC(C)Oc1cccc(CC)c1. The van der Waals surface area contributed by atoms with E-state index in [4.69, 9.17) is 4.74 Å². The van der Waals surface area contributed by atoms with Crippen LogP contribution in [0.2, 0.25) is 0 Å². The molecule has 0 amide bonds. The summed E-state index contributed by atoms with van der Waals surface area (Å²) in [5.74, 6) is 0.923. The molecular formula is C12H16O. The molecule has 1 aromatic carbocycles. The van der Waals surface area contributed by atoms with Crippen molar-refractivity contribution in [2.75, 3.05) is 0 Å². The molecule has 1 atom stereocenters.